The van der Waals surface area contributed by atoms with Crippen molar-refractivity contribution < 1.29 is 14.7 Å². The molecule has 0 unspecified atom stereocenters. The van der Waals surface area contributed by atoms with Gasteiger partial charge in [0.25, 0.3) is 0 Å². The Morgan fingerprint density at radius 1 is 1.21 bits per heavy atom. The molecular weight excluding hydrogens is 394 g/mol. The van der Waals surface area contributed by atoms with E-state index in [-0.39, 0.29) is 5.75 Å². The first-order chi connectivity index (χ1) is 13.6. The van der Waals surface area contributed by atoms with Gasteiger partial charge < -0.3 is 10.4 Å². The smallest absolute Gasteiger partial charge is 0.322 e. The summed E-state index contributed by atoms with van der Waals surface area (Å²) in [7, 11) is 0. The van der Waals surface area contributed by atoms with Gasteiger partial charge in [-0.25, -0.2) is 4.98 Å². The molecule has 3 rings (SSSR count). The number of carbonyl (C=O) groups excluding carboxylic acids is 1. The van der Waals surface area contributed by atoms with E-state index in [1.807, 2.05) is 53.9 Å². The molecular formula is C20H15N3O3S2. The van der Waals surface area contributed by atoms with Crippen molar-refractivity contribution in [2.75, 3.05) is 12.3 Å². The minimum atomic E-state index is -1.11. The van der Waals surface area contributed by atoms with E-state index in [9.17, 15) is 14.9 Å². The number of nitrogens with one attached hydrogen (secondary N) is 1. The van der Waals surface area contributed by atoms with Gasteiger partial charge in [-0.15, -0.1) is 11.3 Å². The number of hydrogen-bond acceptors (Lipinski definition) is 6. The maximum atomic E-state index is 11.9. The van der Waals surface area contributed by atoms with Gasteiger partial charge in [0, 0.05) is 5.56 Å². The molecule has 0 fully saturated rings. The second-order valence-electron chi connectivity index (χ2n) is 5.65. The van der Waals surface area contributed by atoms with Crippen molar-refractivity contribution in [2.24, 2.45) is 0 Å². The first-order valence-electron chi connectivity index (χ1n) is 8.24. The van der Waals surface area contributed by atoms with Gasteiger partial charge in [0.15, 0.2) is 0 Å². The number of hydrogen-bond donors (Lipinski definition) is 2. The minimum absolute atomic E-state index is 0.0307. The van der Waals surface area contributed by atoms with Crippen molar-refractivity contribution in [1.29, 1.82) is 5.26 Å². The van der Waals surface area contributed by atoms with Crippen LogP contribution in [-0.2, 0) is 9.59 Å². The first kappa shape index (κ1) is 19.6. The molecule has 140 valence electrons. The lowest BCUT2D eigenvalue weighted by Gasteiger charge is -2.11. The Hall–Kier alpha value is -3.15. The quantitative estimate of drug-likeness (QED) is 0.578. The number of aliphatic carboxylic acids is 1. The average molecular weight is 409 g/mol. The second-order valence-corrected chi connectivity index (χ2v) is 7.56. The molecule has 0 aliphatic heterocycles. The molecule has 2 heterocycles. The normalized spacial score (nSPS) is 10.2. The van der Waals surface area contributed by atoms with Gasteiger partial charge >= 0.3 is 5.97 Å². The van der Waals surface area contributed by atoms with Gasteiger partial charge in [-0.05, 0) is 23.1 Å². The maximum Gasteiger partial charge on any atom is 0.322 e. The number of benzene rings is 1. The lowest BCUT2D eigenvalue weighted by atomic mass is 10.0. The van der Waals surface area contributed by atoms with Crippen LogP contribution in [0, 0.1) is 11.3 Å². The molecule has 1 aromatic carbocycles. The van der Waals surface area contributed by atoms with Crippen LogP contribution in [0.5, 0.6) is 0 Å². The van der Waals surface area contributed by atoms with Crippen LogP contribution in [0.25, 0.3) is 21.7 Å². The second kappa shape index (κ2) is 9.17. The summed E-state index contributed by atoms with van der Waals surface area (Å²) in [5.41, 5.74) is 2.75. The summed E-state index contributed by atoms with van der Waals surface area (Å²) in [6.45, 7) is -0.442. The Morgan fingerprint density at radius 2 is 2.00 bits per heavy atom. The fourth-order valence-corrected chi connectivity index (χ4v) is 4.01. The molecule has 1 amide bonds. The van der Waals surface area contributed by atoms with Crippen LogP contribution in [0.2, 0.25) is 0 Å². The zero-order valence-electron chi connectivity index (χ0n) is 14.6. The molecule has 0 saturated carbocycles. The standard InChI is InChI=1S/C20H15N3O3S2/c21-10-15-14(13-5-2-1-3-6-13)9-16(17-7-4-8-27-17)23-20(15)28-12-18(24)22-11-19(25)26/h1-9H,11-12H2,(H,22,24)(H,25,26). The van der Waals surface area contributed by atoms with E-state index < -0.39 is 18.4 Å². The topological polar surface area (TPSA) is 103 Å². The number of carboxylic acid groups (broad SMARTS) is 1. The monoisotopic (exact) mass is 409 g/mol. The molecule has 0 atom stereocenters. The van der Waals surface area contributed by atoms with Crippen LogP contribution >= 0.6 is 23.1 Å². The highest BCUT2D eigenvalue weighted by atomic mass is 32.2. The zero-order valence-corrected chi connectivity index (χ0v) is 16.2. The summed E-state index contributed by atoms with van der Waals surface area (Å²) in [6.07, 6.45) is 0. The minimum Gasteiger partial charge on any atom is -0.480 e. The molecule has 6 nitrogen and oxygen atoms in total. The molecule has 0 radical (unpaired) electrons. The fraction of sp³-hybridized carbons (Fsp3) is 0.100. The van der Waals surface area contributed by atoms with Crippen LogP contribution in [0.1, 0.15) is 5.56 Å². The predicted molar refractivity (Wildman–Crippen MR) is 109 cm³/mol. The Bertz CT molecular complexity index is 1030. The van der Waals surface area contributed by atoms with Gasteiger partial charge in [0.05, 0.1) is 21.9 Å². The van der Waals surface area contributed by atoms with Gasteiger partial charge in [-0.3, -0.25) is 9.59 Å². The summed E-state index contributed by atoms with van der Waals surface area (Å²) in [4.78, 5) is 28.0. The Kier molecular flexibility index (Phi) is 6.42. The Balaban J connectivity index is 1.98. The van der Waals surface area contributed by atoms with E-state index in [0.717, 1.165) is 33.5 Å². The number of nitriles is 1. The third-order valence-electron chi connectivity index (χ3n) is 3.73. The van der Waals surface area contributed by atoms with E-state index >= 15 is 0 Å². The summed E-state index contributed by atoms with van der Waals surface area (Å²) < 4.78 is 0. The number of nitrogens with zero attached hydrogens (tertiary/aromatic N) is 2. The molecule has 0 bridgehead atoms. The highest BCUT2D eigenvalue weighted by Crippen LogP contribution is 2.35. The molecule has 0 aliphatic carbocycles. The van der Waals surface area contributed by atoms with E-state index in [2.05, 4.69) is 16.4 Å². The number of pyridine rings is 1. The first-order valence-corrected chi connectivity index (χ1v) is 10.1. The molecule has 2 aromatic heterocycles. The molecule has 0 saturated heterocycles. The fourth-order valence-electron chi connectivity index (χ4n) is 2.49. The van der Waals surface area contributed by atoms with Crippen LogP contribution < -0.4 is 5.32 Å². The molecule has 0 aliphatic rings. The zero-order chi connectivity index (χ0) is 19.9. The van der Waals surface area contributed by atoms with Gasteiger partial charge in [0.1, 0.15) is 17.6 Å². The van der Waals surface area contributed by atoms with Crippen LogP contribution in [0.3, 0.4) is 0 Å². The molecule has 8 heteroatoms. The Labute approximate surface area is 169 Å². The number of carboxylic acids is 1. The highest BCUT2D eigenvalue weighted by molar-refractivity contribution is 8.00. The Morgan fingerprint density at radius 3 is 2.64 bits per heavy atom. The third-order valence-corrected chi connectivity index (χ3v) is 5.60. The molecule has 2 N–H and O–H groups in total. The van der Waals surface area contributed by atoms with Crippen molar-refractivity contribution in [3.8, 4) is 27.8 Å². The lowest BCUT2D eigenvalue weighted by Crippen LogP contribution is -2.30. The third kappa shape index (κ3) is 4.76. The maximum absolute atomic E-state index is 11.9. The molecule has 28 heavy (non-hydrogen) atoms. The van der Waals surface area contributed by atoms with E-state index in [1.165, 1.54) is 11.3 Å². The van der Waals surface area contributed by atoms with Gasteiger partial charge in [-0.1, -0.05) is 48.2 Å². The number of thiophene rings is 1. The number of aromatic nitrogens is 1. The van der Waals surface area contributed by atoms with Crippen LogP contribution in [-0.4, -0.2) is 34.3 Å². The van der Waals surface area contributed by atoms with Gasteiger partial charge in [0.2, 0.25) is 5.91 Å². The number of thioether (sulfide) groups is 1. The van der Waals surface area contributed by atoms with E-state index in [4.69, 9.17) is 5.11 Å². The number of carbonyl (C=O) groups is 2. The van der Waals surface area contributed by atoms with Gasteiger partial charge in [-0.2, -0.15) is 5.26 Å². The van der Waals surface area contributed by atoms with E-state index in [0.29, 0.717) is 10.6 Å². The SMILES string of the molecule is N#Cc1c(-c2ccccc2)cc(-c2cccs2)nc1SCC(=O)NCC(=O)O. The van der Waals surface area contributed by atoms with Crippen LogP contribution in [0.4, 0.5) is 0 Å². The summed E-state index contributed by atoms with van der Waals surface area (Å²) in [6, 6.07) is 17.5. The largest absolute Gasteiger partial charge is 0.480 e. The van der Waals surface area contributed by atoms with Crippen molar-refractivity contribution >= 4 is 35.0 Å². The lowest BCUT2D eigenvalue weighted by molar-refractivity contribution is -0.137. The number of rotatable bonds is 7. The summed E-state index contributed by atoms with van der Waals surface area (Å²) in [5, 5.41) is 23.1. The van der Waals surface area contributed by atoms with E-state index in [1.54, 1.807) is 0 Å². The average Bonchev–Trinajstić information content (AvgIpc) is 3.25. The van der Waals surface area contributed by atoms with Crippen molar-refractivity contribution in [2.45, 2.75) is 5.03 Å². The summed E-state index contributed by atoms with van der Waals surface area (Å²) in [5.74, 6) is -1.57. The highest BCUT2D eigenvalue weighted by Gasteiger charge is 2.17. The predicted octanol–water partition coefficient (Wildman–Crippen LogP) is 3.64. The summed E-state index contributed by atoms with van der Waals surface area (Å²) >= 11 is 2.66. The molecule has 3 aromatic rings. The van der Waals surface area contributed by atoms with Crippen molar-refractivity contribution in [3.05, 3.63) is 59.5 Å². The van der Waals surface area contributed by atoms with Crippen LogP contribution in [0.15, 0.2) is 58.9 Å². The number of amides is 1. The molecule has 0 spiro atoms. The van der Waals surface area contributed by atoms with Crippen molar-refractivity contribution in [1.82, 2.24) is 10.3 Å². The van der Waals surface area contributed by atoms with Crippen molar-refractivity contribution in [3.63, 3.8) is 0 Å².